The average Bonchev–Trinajstić information content (AvgIpc) is 3.30. The van der Waals surface area contributed by atoms with Gasteiger partial charge in [-0.1, -0.05) is 23.5 Å². The van der Waals surface area contributed by atoms with Crippen molar-refractivity contribution in [1.82, 2.24) is 9.97 Å². The number of thiazole rings is 1. The number of morpholine rings is 1. The van der Waals surface area contributed by atoms with Crippen LogP contribution in [0.4, 0.5) is 10.8 Å². The highest BCUT2D eigenvalue weighted by Gasteiger charge is 2.22. The summed E-state index contributed by atoms with van der Waals surface area (Å²) in [6.07, 6.45) is 2.93. The van der Waals surface area contributed by atoms with E-state index < -0.39 is 10.0 Å². The molecule has 0 amide bonds. The standard InChI is InChI=1S/C16H15N5O3S2/c17-8-11-9-18-15-12(11)2-1-3-13(15)20-26(22,23)14-10-19-16(25-14)21-4-6-24-7-5-21/h1-3,9-10,18,20H,4-7H2. The maximum absolute atomic E-state index is 12.8. The number of ether oxygens (including phenoxy) is 1. The first-order chi connectivity index (χ1) is 12.6. The Morgan fingerprint density at radius 1 is 1.35 bits per heavy atom. The van der Waals surface area contributed by atoms with E-state index in [1.54, 1.807) is 24.4 Å². The molecule has 0 saturated carbocycles. The Morgan fingerprint density at radius 3 is 2.92 bits per heavy atom. The van der Waals surface area contributed by atoms with E-state index in [0.29, 0.717) is 53.6 Å². The summed E-state index contributed by atoms with van der Waals surface area (Å²) in [6, 6.07) is 7.21. The van der Waals surface area contributed by atoms with E-state index in [1.165, 1.54) is 6.20 Å². The zero-order valence-corrected chi connectivity index (χ0v) is 15.2. The first-order valence-electron chi connectivity index (χ1n) is 7.90. The van der Waals surface area contributed by atoms with E-state index in [-0.39, 0.29) is 4.21 Å². The number of aromatic amines is 1. The molecule has 1 aromatic carbocycles. The van der Waals surface area contributed by atoms with Crippen LogP contribution in [0.1, 0.15) is 5.56 Å². The lowest BCUT2D eigenvalue weighted by molar-refractivity contribution is 0.122. The molecule has 134 valence electrons. The first kappa shape index (κ1) is 16.8. The van der Waals surface area contributed by atoms with Crippen molar-refractivity contribution in [2.75, 3.05) is 35.9 Å². The Kier molecular flexibility index (Phi) is 4.28. The minimum atomic E-state index is -3.77. The maximum atomic E-state index is 12.8. The second-order valence-electron chi connectivity index (χ2n) is 5.71. The van der Waals surface area contributed by atoms with Crippen LogP contribution in [0.3, 0.4) is 0 Å². The number of para-hydroxylation sites is 1. The van der Waals surface area contributed by atoms with Gasteiger partial charge in [0, 0.05) is 24.7 Å². The first-order valence-corrected chi connectivity index (χ1v) is 10.2. The van der Waals surface area contributed by atoms with E-state index in [1.807, 2.05) is 4.90 Å². The summed E-state index contributed by atoms with van der Waals surface area (Å²) in [5.41, 5.74) is 1.43. The molecular weight excluding hydrogens is 374 g/mol. The SMILES string of the molecule is N#Cc1c[nH]c2c(NS(=O)(=O)c3cnc(N4CCOCC4)s3)cccc12. The summed E-state index contributed by atoms with van der Waals surface area (Å²) < 4.78 is 33.5. The number of rotatable bonds is 4. The summed E-state index contributed by atoms with van der Waals surface area (Å²) in [7, 11) is -3.77. The van der Waals surface area contributed by atoms with Crippen LogP contribution in [0, 0.1) is 11.3 Å². The Bertz CT molecular complexity index is 1090. The third-order valence-electron chi connectivity index (χ3n) is 4.10. The molecule has 1 aliphatic rings. The summed E-state index contributed by atoms with van der Waals surface area (Å²) in [6.45, 7) is 2.60. The topological polar surface area (TPSA) is 111 Å². The molecule has 8 nitrogen and oxygen atoms in total. The summed E-state index contributed by atoms with van der Waals surface area (Å²) in [5.74, 6) is 0. The fraction of sp³-hybridized carbons (Fsp3) is 0.250. The van der Waals surface area contributed by atoms with Gasteiger partial charge >= 0.3 is 0 Å². The number of aromatic nitrogens is 2. The van der Waals surface area contributed by atoms with Crippen molar-refractivity contribution in [2.45, 2.75) is 4.21 Å². The van der Waals surface area contributed by atoms with Crippen molar-refractivity contribution in [1.29, 1.82) is 5.26 Å². The molecule has 0 bridgehead atoms. The maximum Gasteiger partial charge on any atom is 0.273 e. The van der Waals surface area contributed by atoms with Gasteiger partial charge in [-0.25, -0.2) is 13.4 Å². The number of H-pyrrole nitrogens is 1. The number of fused-ring (bicyclic) bond motifs is 1. The largest absolute Gasteiger partial charge is 0.378 e. The van der Waals surface area contributed by atoms with Gasteiger partial charge in [-0.3, -0.25) is 4.72 Å². The van der Waals surface area contributed by atoms with Crippen LogP contribution in [-0.4, -0.2) is 44.7 Å². The lowest BCUT2D eigenvalue weighted by Crippen LogP contribution is -2.36. The second-order valence-corrected chi connectivity index (χ2v) is 8.63. The van der Waals surface area contributed by atoms with Crippen molar-refractivity contribution in [2.24, 2.45) is 0 Å². The Morgan fingerprint density at radius 2 is 2.15 bits per heavy atom. The number of nitrogens with zero attached hydrogens (tertiary/aromatic N) is 3. The smallest absolute Gasteiger partial charge is 0.273 e. The highest BCUT2D eigenvalue weighted by molar-refractivity contribution is 7.94. The molecule has 0 atom stereocenters. The zero-order chi connectivity index (χ0) is 18.1. The number of nitriles is 1. The minimum absolute atomic E-state index is 0.142. The fourth-order valence-electron chi connectivity index (χ4n) is 2.80. The van der Waals surface area contributed by atoms with Crippen LogP contribution in [0.2, 0.25) is 0 Å². The molecule has 10 heteroatoms. The van der Waals surface area contributed by atoms with Crippen molar-refractivity contribution < 1.29 is 13.2 Å². The fourth-order valence-corrected chi connectivity index (χ4v) is 5.04. The molecule has 1 fully saturated rings. The van der Waals surface area contributed by atoms with Gasteiger partial charge < -0.3 is 14.6 Å². The number of hydrogen-bond donors (Lipinski definition) is 2. The molecule has 1 saturated heterocycles. The quantitative estimate of drug-likeness (QED) is 0.707. The highest BCUT2D eigenvalue weighted by Crippen LogP contribution is 2.30. The predicted octanol–water partition coefficient (Wildman–Crippen LogP) is 2.13. The van der Waals surface area contributed by atoms with Gasteiger partial charge in [-0.05, 0) is 6.07 Å². The second kappa shape index (κ2) is 6.60. The number of sulfonamides is 1. The van der Waals surface area contributed by atoms with Crippen LogP contribution in [0.25, 0.3) is 10.9 Å². The van der Waals surface area contributed by atoms with Gasteiger partial charge in [0.15, 0.2) is 9.34 Å². The van der Waals surface area contributed by atoms with Gasteiger partial charge in [-0.2, -0.15) is 5.26 Å². The third-order valence-corrected chi connectivity index (χ3v) is 6.98. The summed E-state index contributed by atoms with van der Waals surface area (Å²) in [5, 5.41) is 10.5. The Hall–Kier alpha value is -2.61. The van der Waals surface area contributed by atoms with Crippen molar-refractivity contribution in [3.63, 3.8) is 0 Å². The van der Waals surface area contributed by atoms with Crippen LogP contribution in [-0.2, 0) is 14.8 Å². The lowest BCUT2D eigenvalue weighted by Gasteiger charge is -2.25. The Balaban J connectivity index is 1.63. The zero-order valence-electron chi connectivity index (χ0n) is 13.6. The molecule has 4 rings (SSSR count). The molecule has 26 heavy (non-hydrogen) atoms. The van der Waals surface area contributed by atoms with E-state index >= 15 is 0 Å². The number of hydrogen-bond acceptors (Lipinski definition) is 7. The van der Waals surface area contributed by atoms with Crippen LogP contribution in [0.15, 0.2) is 34.8 Å². The molecule has 2 N–H and O–H groups in total. The monoisotopic (exact) mass is 389 g/mol. The van der Waals surface area contributed by atoms with Gasteiger partial charge in [0.1, 0.15) is 6.07 Å². The number of anilines is 2. The van der Waals surface area contributed by atoms with Gasteiger partial charge in [0.2, 0.25) is 0 Å². The van der Waals surface area contributed by atoms with Crippen molar-refractivity contribution in [3.05, 3.63) is 36.2 Å². The van der Waals surface area contributed by atoms with Gasteiger partial charge in [-0.15, -0.1) is 0 Å². The van der Waals surface area contributed by atoms with E-state index in [2.05, 4.69) is 20.8 Å². The number of nitrogens with one attached hydrogen (secondary N) is 2. The molecule has 0 unspecified atom stereocenters. The molecule has 0 spiro atoms. The average molecular weight is 389 g/mol. The van der Waals surface area contributed by atoms with E-state index in [4.69, 9.17) is 10.00 Å². The molecule has 3 aromatic rings. The van der Waals surface area contributed by atoms with E-state index in [9.17, 15) is 8.42 Å². The molecule has 0 aliphatic carbocycles. The van der Waals surface area contributed by atoms with Crippen LogP contribution < -0.4 is 9.62 Å². The van der Waals surface area contributed by atoms with Gasteiger partial charge in [0.05, 0.1) is 36.2 Å². The minimum Gasteiger partial charge on any atom is -0.378 e. The summed E-state index contributed by atoms with van der Waals surface area (Å²) in [4.78, 5) is 9.21. The molecule has 1 aliphatic heterocycles. The molecule has 0 radical (unpaired) electrons. The lowest BCUT2D eigenvalue weighted by atomic mass is 10.2. The van der Waals surface area contributed by atoms with Crippen molar-refractivity contribution in [3.8, 4) is 6.07 Å². The van der Waals surface area contributed by atoms with E-state index in [0.717, 1.165) is 11.3 Å². The summed E-state index contributed by atoms with van der Waals surface area (Å²) >= 11 is 1.13. The molecule has 3 heterocycles. The highest BCUT2D eigenvalue weighted by atomic mass is 32.2. The normalized spacial score (nSPS) is 15.1. The number of benzene rings is 1. The molecular formula is C16H15N5O3S2. The molecule has 2 aromatic heterocycles. The van der Waals surface area contributed by atoms with Crippen molar-refractivity contribution >= 4 is 43.1 Å². The third kappa shape index (κ3) is 3.01. The van der Waals surface area contributed by atoms with Crippen LogP contribution in [0.5, 0.6) is 0 Å². The predicted molar refractivity (Wildman–Crippen MR) is 99.0 cm³/mol. The van der Waals surface area contributed by atoms with Crippen LogP contribution >= 0.6 is 11.3 Å². The Labute approximate surface area is 154 Å². The van der Waals surface area contributed by atoms with Gasteiger partial charge in [0.25, 0.3) is 10.0 Å².